The summed E-state index contributed by atoms with van der Waals surface area (Å²) < 4.78 is 24.4. The molecule has 1 aliphatic heterocycles. The Morgan fingerprint density at radius 2 is 1.59 bits per heavy atom. The Labute approximate surface area is 171 Å². The van der Waals surface area contributed by atoms with E-state index in [9.17, 15) is 18.8 Å². The number of nitrogens with zero attached hydrogens (tertiary/aromatic N) is 1. The van der Waals surface area contributed by atoms with Gasteiger partial charge in [-0.1, -0.05) is 12.1 Å². The zero-order valence-electron chi connectivity index (χ0n) is 18.0. The summed E-state index contributed by atoms with van der Waals surface area (Å²) in [5.74, 6) is -1.64. The summed E-state index contributed by atoms with van der Waals surface area (Å²) >= 11 is 0. The lowest BCUT2D eigenvalue weighted by atomic mass is 9.80. The number of hydrogen-bond donors (Lipinski definition) is 0. The van der Waals surface area contributed by atoms with Gasteiger partial charge >= 0.3 is 12.1 Å². The van der Waals surface area contributed by atoms with E-state index in [1.807, 2.05) is 0 Å². The van der Waals surface area contributed by atoms with Crippen molar-refractivity contribution in [3.63, 3.8) is 0 Å². The van der Waals surface area contributed by atoms with E-state index in [0.717, 1.165) is 0 Å². The number of carbonyl (C=O) groups is 3. The van der Waals surface area contributed by atoms with Gasteiger partial charge < -0.3 is 9.47 Å². The summed E-state index contributed by atoms with van der Waals surface area (Å²) in [5.41, 5.74) is -2.97. The van der Waals surface area contributed by atoms with Crippen LogP contribution in [0.15, 0.2) is 24.3 Å². The summed E-state index contributed by atoms with van der Waals surface area (Å²) in [5, 5.41) is 0. The van der Waals surface area contributed by atoms with Crippen LogP contribution in [0.3, 0.4) is 0 Å². The summed E-state index contributed by atoms with van der Waals surface area (Å²) in [4.78, 5) is 40.7. The highest BCUT2D eigenvalue weighted by Gasteiger charge is 2.57. The van der Waals surface area contributed by atoms with Crippen molar-refractivity contribution in [2.75, 3.05) is 6.54 Å². The van der Waals surface area contributed by atoms with Crippen molar-refractivity contribution in [1.82, 2.24) is 4.90 Å². The van der Waals surface area contributed by atoms with Gasteiger partial charge in [-0.05, 0) is 65.7 Å². The molecule has 29 heavy (non-hydrogen) atoms. The second-order valence-corrected chi connectivity index (χ2v) is 9.32. The maximum absolute atomic E-state index is 13.4. The Morgan fingerprint density at radius 1 is 1.03 bits per heavy atom. The van der Waals surface area contributed by atoms with Gasteiger partial charge in [-0.25, -0.2) is 14.0 Å². The molecule has 160 valence electrons. The number of esters is 1. The molecule has 0 radical (unpaired) electrons. The highest BCUT2D eigenvalue weighted by Crippen LogP contribution is 2.33. The summed E-state index contributed by atoms with van der Waals surface area (Å²) in [6.07, 6.45) is -0.301. The molecule has 1 aliphatic rings. The minimum atomic E-state index is -1.86. The van der Waals surface area contributed by atoms with Crippen LogP contribution in [-0.2, 0) is 25.5 Å². The van der Waals surface area contributed by atoms with Crippen LogP contribution in [0.25, 0.3) is 0 Å². The maximum atomic E-state index is 13.4. The first-order chi connectivity index (χ1) is 13.2. The van der Waals surface area contributed by atoms with Crippen LogP contribution >= 0.6 is 0 Å². The normalized spacial score (nSPS) is 20.4. The third-order valence-electron chi connectivity index (χ3n) is 4.43. The number of likely N-dealkylation sites (tertiary alicyclic amines) is 1. The Kier molecular flexibility index (Phi) is 6.40. The number of hydrogen-bond acceptors (Lipinski definition) is 5. The van der Waals surface area contributed by atoms with Crippen molar-refractivity contribution < 1.29 is 28.2 Å². The molecule has 1 fully saturated rings. The lowest BCUT2D eigenvalue weighted by Crippen LogP contribution is -2.67. The van der Waals surface area contributed by atoms with Gasteiger partial charge in [-0.15, -0.1) is 0 Å². The third kappa shape index (κ3) is 5.55. The number of piperidine rings is 1. The number of amides is 1. The van der Waals surface area contributed by atoms with Crippen molar-refractivity contribution in [2.45, 2.75) is 77.5 Å². The van der Waals surface area contributed by atoms with Gasteiger partial charge in [-0.3, -0.25) is 9.69 Å². The molecule has 2 rings (SSSR count). The van der Waals surface area contributed by atoms with Crippen molar-refractivity contribution in [3.05, 3.63) is 35.6 Å². The summed E-state index contributed by atoms with van der Waals surface area (Å²) in [6, 6.07) is 5.50. The number of ketones is 1. The van der Waals surface area contributed by atoms with Gasteiger partial charge in [0, 0.05) is 19.4 Å². The molecule has 1 aromatic rings. The van der Waals surface area contributed by atoms with Crippen molar-refractivity contribution in [2.24, 2.45) is 0 Å². The Morgan fingerprint density at radius 3 is 2.10 bits per heavy atom. The first kappa shape index (κ1) is 22.8. The van der Waals surface area contributed by atoms with Crippen molar-refractivity contribution in [1.29, 1.82) is 0 Å². The molecule has 1 amide bonds. The number of carbonyl (C=O) groups excluding carboxylic acids is 3. The molecule has 0 saturated carbocycles. The predicted octanol–water partition coefficient (Wildman–Crippen LogP) is 4.05. The maximum Gasteiger partial charge on any atom is 0.411 e. The predicted molar refractivity (Wildman–Crippen MR) is 106 cm³/mol. The number of rotatable bonds is 3. The minimum absolute atomic E-state index is 0.111. The van der Waals surface area contributed by atoms with Gasteiger partial charge in [0.2, 0.25) is 5.54 Å². The first-order valence-corrected chi connectivity index (χ1v) is 9.76. The second kappa shape index (κ2) is 8.13. The number of halogens is 1. The second-order valence-electron chi connectivity index (χ2n) is 9.32. The van der Waals surface area contributed by atoms with E-state index in [1.54, 1.807) is 41.5 Å². The zero-order valence-corrected chi connectivity index (χ0v) is 18.0. The standard InChI is InChI=1S/C22H30FNO5/c1-20(2,3)28-18(26)22(14-15-9-11-16(23)12-10-15)17(25)8-7-13-24(22)19(27)29-21(4,5)6/h9-12H,7-8,13-14H2,1-6H3/t22-/m0/s1. The summed E-state index contributed by atoms with van der Waals surface area (Å²) in [7, 11) is 0. The molecule has 0 unspecified atom stereocenters. The molecule has 1 aromatic carbocycles. The number of benzene rings is 1. The lowest BCUT2D eigenvalue weighted by molar-refractivity contribution is -0.174. The van der Waals surface area contributed by atoms with E-state index in [-0.39, 0.29) is 19.4 Å². The van der Waals surface area contributed by atoms with Crippen LogP contribution in [0, 0.1) is 5.82 Å². The fourth-order valence-electron chi connectivity index (χ4n) is 3.26. The van der Waals surface area contributed by atoms with E-state index < -0.39 is 40.4 Å². The molecule has 6 nitrogen and oxygen atoms in total. The van der Waals surface area contributed by atoms with Crippen LogP contribution in [0.2, 0.25) is 0 Å². The molecule has 1 saturated heterocycles. The zero-order chi connectivity index (χ0) is 22.0. The molecule has 1 atom stereocenters. The molecule has 7 heteroatoms. The highest BCUT2D eigenvalue weighted by atomic mass is 19.1. The van der Waals surface area contributed by atoms with E-state index in [4.69, 9.17) is 9.47 Å². The molecule has 0 spiro atoms. The SMILES string of the molecule is CC(C)(C)OC(=O)N1CCCC(=O)[C@@]1(Cc1ccc(F)cc1)C(=O)OC(C)(C)C. The van der Waals surface area contributed by atoms with E-state index >= 15 is 0 Å². The molecule has 0 aromatic heterocycles. The van der Waals surface area contributed by atoms with Gasteiger partial charge in [0.1, 0.15) is 17.0 Å². The topological polar surface area (TPSA) is 72.9 Å². The average molecular weight is 407 g/mol. The van der Waals surface area contributed by atoms with E-state index in [1.165, 1.54) is 29.2 Å². The van der Waals surface area contributed by atoms with Crippen LogP contribution in [-0.4, -0.2) is 46.0 Å². The van der Waals surface area contributed by atoms with E-state index in [2.05, 4.69) is 0 Å². The van der Waals surface area contributed by atoms with Crippen LogP contribution in [0.1, 0.15) is 59.9 Å². The largest absolute Gasteiger partial charge is 0.458 e. The highest BCUT2D eigenvalue weighted by molar-refractivity contribution is 6.11. The van der Waals surface area contributed by atoms with Crippen LogP contribution < -0.4 is 0 Å². The molecule has 1 heterocycles. The molecular weight excluding hydrogens is 377 g/mol. The number of ether oxygens (including phenoxy) is 2. The Hall–Kier alpha value is -2.44. The third-order valence-corrected chi connectivity index (χ3v) is 4.43. The Balaban J connectivity index is 2.55. The lowest BCUT2D eigenvalue weighted by Gasteiger charge is -2.44. The average Bonchev–Trinajstić information content (AvgIpc) is 2.55. The fourth-order valence-corrected chi connectivity index (χ4v) is 3.26. The quantitative estimate of drug-likeness (QED) is 0.558. The van der Waals surface area contributed by atoms with Crippen LogP contribution in [0.5, 0.6) is 0 Å². The van der Waals surface area contributed by atoms with Crippen molar-refractivity contribution >= 4 is 17.8 Å². The number of Topliss-reactive ketones (excluding diaryl/α,β-unsaturated/α-hetero) is 1. The first-order valence-electron chi connectivity index (χ1n) is 9.76. The van der Waals surface area contributed by atoms with Gasteiger partial charge in [-0.2, -0.15) is 0 Å². The van der Waals surface area contributed by atoms with Gasteiger partial charge in [0.25, 0.3) is 0 Å². The van der Waals surface area contributed by atoms with Crippen LogP contribution in [0.4, 0.5) is 9.18 Å². The molecule has 0 aliphatic carbocycles. The molecule has 0 N–H and O–H groups in total. The Bertz CT molecular complexity index is 776. The smallest absolute Gasteiger partial charge is 0.411 e. The molecular formula is C22H30FNO5. The molecule has 0 bridgehead atoms. The minimum Gasteiger partial charge on any atom is -0.458 e. The van der Waals surface area contributed by atoms with Gasteiger partial charge in [0.15, 0.2) is 5.78 Å². The fraction of sp³-hybridized carbons (Fsp3) is 0.591. The monoisotopic (exact) mass is 407 g/mol. The van der Waals surface area contributed by atoms with Crippen molar-refractivity contribution in [3.8, 4) is 0 Å². The summed E-state index contributed by atoms with van der Waals surface area (Å²) in [6.45, 7) is 10.4. The van der Waals surface area contributed by atoms with Gasteiger partial charge in [0.05, 0.1) is 0 Å². The van der Waals surface area contributed by atoms with E-state index in [0.29, 0.717) is 12.0 Å².